The average Bonchev–Trinajstić information content (AvgIpc) is 3.42. The highest BCUT2D eigenvalue weighted by Crippen LogP contribution is 2.39. The normalized spacial score (nSPS) is 14.4. The molecule has 224 valence electrons. The van der Waals surface area contributed by atoms with Crippen LogP contribution in [0.5, 0.6) is 5.75 Å². The van der Waals surface area contributed by atoms with Crippen molar-refractivity contribution in [3.8, 4) is 5.75 Å². The number of aryl methyl sites for hydroxylation is 1. The lowest BCUT2D eigenvalue weighted by molar-refractivity contribution is -0.119. The van der Waals surface area contributed by atoms with E-state index < -0.39 is 0 Å². The van der Waals surface area contributed by atoms with Crippen LogP contribution in [0, 0.1) is 12.3 Å². The molecule has 1 aliphatic heterocycles. The van der Waals surface area contributed by atoms with Gasteiger partial charge in [-0.15, -0.1) is 0 Å². The summed E-state index contributed by atoms with van der Waals surface area (Å²) in [5.41, 5.74) is 4.77. The summed E-state index contributed by atoms with van der Waals surface area (Å²) in [6.07, 6.45) is 2.67. The minimum atomic E-state index is -0.0901. The van der Waals surface area contributed by atoms with Crippen LogP contribution in [0.15, 0.2) is 58.3 Å². The molecule has 1 aliphatic rings. The van der Waals surface area contributed by atoms with Crippen molar-refractivity contribution in [2.45, 2.75) is 56.3 Å². The van der Waals surface area contributed by atoms with Crippen molar-refractivity contribution in [2.24, 2.45) is 5.41 Å². The minimum absolute atomic E-state index is 0.0901. The van der Waals surface area contributed by atoms with Gasteiger partial charge < -0.3 is 25.2 Å². The van der Waals surface area contributed by atoms with Gasteiger partial charge in [0.2, 0.25) is 6.41 Å². The third-order valence-corrected chi connectivity index (χ3v) is 9.82. The maximum atomic E-state index is 13.4. The van der Waals surface area contributed by atoms with Gasteiger partial charge in [-0.1, -0.05) is 74.7 Å². The third-order valence-electron chi connectivity index (χ3n) is 7.64. The van der Waals surface area contributed by atoms with E-state index in [1.54, 1.807) is 28.7 Å². The Morgan fingerprint density at radius 2 is 1.88 bits per heavy atom. The van der Waals surface area contributed by atoms with Gasteiger partial charge in [0.15, 0.2) is 5.13 Å². The molecule has 1 unspecified atom stereocenters. The monoisotopic (exact) mass is 607 g/mol. The molecule has 3 aromatic rings. The van der Waals surface area contributed by atoms with Crippen LogP contribution in [-0.4, -0.2) is 66.4 Å². The summed E-state index contributed by atoms with van der Waals surface area (Å²) in [4.78, 5) is 33.4. The van der Waals surface area contributed by atoms with Crippen molar-refractivity contribution in [2.75, 3.05) is 38.6 Å². The highest BCUT2D eigenvalue weighted by molar-refractivity contribution is 8.01. The number of hydrogen-bond donors (Lipinski definition) is 2. The molecular formula is C32H41N5O3S2. The molecule has 0 spiro atoms. The fraction of sp³-hybridized carbons (Fsp3) is 0.406. The zero-order valence-corrected chi connectivity index (χ0v) is 27.0. The fourth-order valence-corrected chi connectivity index (χ4v) is 6.35. The molecule has 1 atom stereocenters. The van der Waals surface area contributed by atoms with Crippen molar-refractivity contribution in [1.29, 1.82) is 0 Å². The number of carbonyl (C=O) groups is 2. The van der Waals surface area contributed by atoms with Crippen molar-refractivity contribution >= 4 is 46.2 Å². The second-order valence-corrected chi connectivity index (χ2v) is 14.0. The van der Waals surface area contributed by atoms with Gasteiger partial charge >= 0.3 is 0 Å². The molecule has 10 heteroatoms. The number of rotatable bonds is 11. The number of nitrogens with zero attached hydrogens (tertiary/aromatic N) is 3. The predicted molar refractivity (Wildman–Crippen MR) is 172 cm³/mol. The number of methoxy groups -OCH3 is 1. The maximum absolute atomic E-state index is 13.4. The van der Waals surface area contributed by atoms with E-state index in [1.165, 1.54) is 16.9 Å². The SMILES string of the molecule is C=C(Nc1ncc(Sc2cc(C(=O)N3CCN(C=O)CC3)c(OC)cc2C)s1)c1ccc(CNC(C)C(C)(C)C)cc1. The summed E-state index contributed by atoms with van der Waals surface area (Å²) in [5, 5.41) is 7.70. The van der Waals surface area contributed by atoms with E-state index >= 15 is 0 Å². The number of anilines is 1. The number of piperazine rings is 1. The minimum Gasteiger partial charge on any atom is -0.496 e. The first-order valence-corrected chi connectivity index (χ1v) is 15.7. The Bertz CT molecular complexity index is 1410. The van der Waals surface area contributed by atoms with Crippen molar-refractivity contribution in [3.63, 3.8) is 0 Å². The number of hydrogen-bond acceptors (Lipinski definition) is 8. The molecule has 1 aromatic heterocycles. The second-order valence-electron chi connectivity index (χ2n) is 11.6. The Balaban J connectivity index is 1.39. The number of ether oxygens (including phenoxy) is 1. The highest BCUT2D eigenvalue weighted by atomic mass is 32.2. The van der Waals surface area contributed by atoms with E-state index in [-0.39, 0.29) is 11.3 Å². The highest BCUT2D eigenvalue weighted by Gasteiger charge is 2.25. The molecule has 0 aliphatic carbocycles. The van der Waals surface area contributed by atoms with Crippen molar-refractivity contribution in [3.05, 3.63) is 71.4 Å². The maximum Gasteiger partial charge on any atom is 0.257 e. The molecule has 1 saturated heterocycles. The molecule has 1 fully saturated rings. The Morgan fingerprint density at radius 1 is 1.19 bits per heavy atom. The van der Waals surface area contributed by atoms with Crippen LogP contribution in [0.25, 0.3) is 5.70 Å². The first kappa shape index (κ1) is 31.6. The van der Waals surface area contributed by atoms with Gasteiger partial charge in [-0.05, 0) is 48.1 Å². The lowest BCUT2D eigenvalue weighted by Gasteiger charge is -2.33. The molecule has 42 heavy (non-hydrogen) atoms. The molecule has 2 aromatic carbocycles. The van der Waals surface area contributed by atoms with E-state index in [9.17, 15) is 9.59 Å². The van der Waals surface area contributed by atoms with Crippen LogP contribution < -0.4 is 15.4 Å². The number of aromatic nitrogens is 1. The first-order valence-electron chi connectivity index (χ1n) is 14.1. The van der Waals surface area contributed by atoms with Crippen LogP contribution in [0.3, 0.4) is 0 Å². The Kier molecular flexibility index (Phi) is 10.3. The Hall–Kier alpha value is -3.34. The molecule has 2 heterocycles. The molecule has 2 amide bonds. The largest absolute Gasteiger partial charge is 0.496 e. The van der Waals surface area contributed by atoms with E-state index in [4.69, 9.17) is 4.74 Å². The number of carbonyl (C=O) groups excluding carboxylic acids is 2. The topological polar surface area (TPSA) is 86.8 Å². The Morgan fingerprint density at radius 3 is 2.50 bits per heavy atom. The fourth-order valence-electron chi connectivity index (χ4n) is 4.38. The summed E-state index contributed by atoms with van der Waals surface area (Å²) in [5.74, 6) is 0.459. The standard InChI is InChI=1S/C32H41N5O3S2/c1-21-16-27(40-7)26(30(39)37-14-12-36(20-38)13-15-37)17-28(21)41-29-19-34-31(42-29)35-22(2)25-10-8-24(9-11-25)18-33-23(3)32(4,5)6/h8-11,16-17,19-20,23,33H,2,12-15,18H2,1,3-7H3,(H,34,35). The van der Waals surface area contributed by atoms with Crippen LogP contribution in [-0.2, 0) is 11.3 Å². The Labute approximate surface area is 257 Å². The van der Waals surface area contributed by atoms with Gasteiger partial charge in [0.05, 0.1) is 23.1 Å². The summed E-state index contributed by atoms with van der Waals surface area (Å²) in [6.45, 7) is 18.1. The predicted octanol–water partition coefficient (Wildman–Crippen LogP) is 6.13. The molecule has 4 rings (SSSR count). The number of thiazole rings is 1. The van der Waals surface area contributed by atoms with E-state index in [2.05, 4.69) is 74.2 Å². The second kappa shape index (κ2) is 13.8. The van der Waals surface area contributed by atoms with E-state index in [0.29, 0.717) is 43.5 Å². The summed E-state index contributed by atoms with van der Waals surface area (Å²) in [7, 11) is 1.58. The summed E-state index contributed by atoms with van der Waals surface area (Å²) in [6, 6.07) is 12.6. The van der Waals surface area contributed by atoms with Crippen molar-refractivity contribution in [1.82, 2.24) is 20.1 Å². The van der Waals surface area contributed by atoms with Gasteiger partial charge in [0.1, 0.15) is 5.75 Å². The molecule has 0 bridgehead atoms. The molecular weight excluding hydrogens is 567 g/mol. The zero-order valence-electron chi connectivity index (χ0n) is 25.3. The summed E-state index contributed by atoms with van der Waals surface area (Å²) < 4.78 is 6.56. The van der Waals surface area contributed by atoms with Crippen LogP contribution in [0.2, 0.25) is 0 Å². The van der Waals surface area contributed by atoms with Gasteiger partial charge in [-0.3, -0.25) is 9.59 Å². The smallest absolute Gasteiger partial charge is 0.257 e. The molecule has 0 radical (unpaired) electrons. The molecule has 2 N–H and O–H groups in total. The van der Waals surface area contributed by atoms with Crippen LogP contribution in [0.1, 0.15) is 54.7 Å². The van der Waals surface area contributed by atoms with Crippen LogP contribution in [0.4, 0.5) is 5.13 Å². The lowest BCUT2D eigenvalue weighted by atomic mass is 9.88. The van der Waals surface area contributed by atoms with E-state index in [1.807, 2.05) is 25.3 Å². The number of benzene rings is 2. The van der Waals surface area contributed by atoms with Gasteiger partial charge in [-0.25, -0.2) is 4.98 Å². The quantitative estimate of drug-likeness (QED) is 0.254. The van der Waals surface area contributed by atoms with Gasteiger partial charge in [-0.2, -0.15) is 0 Å². The van der Waals surface area contributed by atoms with Gasteiger partial charge in [0.25, 0.3) is 5.91 Å². The molecule has 0 saturated carbocycles. The summed E-state index contributed by atoms with van der Waals surface area (Å²) >= 11 is 3.11. The van der Waals surface area contributed by atoms with Gasteiger partial charge in [0, 0.05) is 49.4 Å². The third kappa shape index (κ3) is 7.93. The zero-order chi connectivity index (χ0) is 30.4. The average molecular weight is 608 g/mol. The lowest BCUT2D eigenvalue weighted by Crippen LogP contribution is -2.48. The number of amides is 2. The van der Waals surface area contributed by atoms with E-state index in [0.717, 1.165) is 44.0 Å². The first-order chi connectivity index (χ1) is 20.0. The van der Waals surface area contributed by atoms with Crippen molar-refractivity contribution < 1.29 is 14.3 Å². The van der Waals surface area contributed by atoms with Crippen LogP contribution >= 0.6 is 23.1 Å². The number of nitrogens with one attached hydrogen (secondary N) is 2. The molecule has 8 nitrogen and oxygen atoms in total.